The van der Waals surface area contributed by atoms with E-state index in [4.69, 9.17) is 0 Å². The Kier molecular flexibility index (Phi) is 1.90. The van der Waals surface area contributed by atoms with Crippen LogP contribution in [0.3, 0.4) is 0 Å². The van der Waals surface area contributed by atoms with Crippen LogP contribution < -0.4 is 5.32 Å². The molecule has 0 bridgehead atoms. The first-order chi connectivity index (χ1) is 5.31. The summed E-state index contributed by atoms with van der Waals surface area (Å²) in [5.41, 5.74) is 0.672. The van der Waals surface area contributed by atoms with E-state index < -0.39 is 0 Å². The van der Waals surface area contributed by atoms with E-state index in [0.29, 0.717) is 5.41 Å². The number of rotatable bonds is 0. The van der Waals surface area contributed by atoms with Crippen molar-refractivity contribution in [1.82, 2.24) is 10.2 Å². The molecule has 11 heavy (non-hydrogen) atoms. The molecule has 2 heteroatoms. The zero-order chi connectivity index (χ0) is 7.73. The fourth-order valence-electron chi connectivity index (χ4n) is 2.38. The van der Waals surface area contributed by atoms with Gasteiger partial charge in [0.25, 0.3) is 0 Å². The van der Waals surface area contributed by atoms with Crippen molar-refractivity contribution >= 4 is 0 Å². The normalized spacial score (nSPS) is 31.4. The predicted octanol–water partition coefficient (Wildman–Crippen LogP) is 0.692. The summed E-state index contributed by atoms with van der Waals surface area (Å²) in [5.74, 6) is 0. The first-order valence-corrected chi connectivity index (χ1v) is 4.70. The Morgan fingerprint density at radius 1 is 1.27 bits per heavy atom. The van der Waals surface area contributed by atoms with Crippen LogP contribution in [-0.4, -0.2) is 38.1 Å². The molecule has 1 spiro atoms. The minimum atomic E-state index is 0.672. The lowest BCUT2D eigenvalue weighted by Gasteiger charge is -2.43. The van der Waals surface area contributed by atoms with E-state index in [9.17, 15) is 0 Å². The highest BCUT2D eigenvalue weighted by Crippen LogP contribution is 2.32. The lowest BCUT2D eigenvalue weighted by molar-refractivity contribution is 0.112. The van der Waals surface area contributed by atoms with E-state index in [1.54, 1.807) is 0 Å². The van der Waals surface area contributed by atoms with Gasteiger partial charge in [0.15, 0.2) is 0 Å². The van der Waals surface area contributed by atoms with Gasteiger partial charge in [-0.05, 0) is 26.4 Å². The zero-order valence-corrected chi connectivity index (χ0v) is 7.40. The van der Waals surface area contributed by atoms with Crippen LogP contribution in [0.15, 0.2) is 0 Å². The summed E-state index contributed by atoms with van der Waals surface area (Å²) in [6, 6.07) is 0. The van der Waals surface area contributed by atoms with E-state index in [1.165, 1.54) is 45.4 Å². The monoisotopic (exact) mass is 154 g/mol. The van der Waals surface area contributed by atoms with Crippen molar-refractivity contribution in [2.24, 2.45) is 5.41 Å². The minimum Gasteiger partial charge on any atom is -0.315 e. The number of nitrogens with zero attached hydrogens (tertiary/aromatic N) is 1. The van der Waals surface area contributed by atoms with Gasteiger partial charge in [-0.2, -0.15) is 0 Å². The molecule has 2 aliphatic rings. The molecule has 0 aliphatic carbocycles. The van der Waals surface area contributed by atoms with E-state index in [-0.39, 0.29) is 0 Å². The van der Waals surface area contributed by atoms with Gasteiger partial charge in [-0.15, -0.1) is 0 Å². The lowest BCUT2D eigenvalue weighted by Crippen LogP contribution is -2.57. The van der Waals surface area contributed by atoms with Crippen molar-refractivity contribution < 1.29 is 0 Å². The fourth-order valence-corrected chi connectivity index (χ4v) is 2.38. The second-order valence-corrected chi connectivity index (χ2v) is 4.30. The Bertz CT molecular complexity index is 140. The van der Waals surface area contributed by atoms with E-state index >= 15 is 0 Å². The van der Waals surface area contributed by atoms with Gasteiger partial charge < -0.3 is 10.2 Å². The number of nitrogens with one attached hydrogen (secondary N) is 1. The molecule has 0 amide bonds. The zero-order valence-electron chi connectivity index (χ0n) is 7.40. The fraction of sp³-hybridized carbons (Fsp3) is 1.00. The first-order valence-electron chi connectivity index (χ1n) is 4.70. The van der Waals surface area contributed by atoms with Crippen LogP contribution in [0.5, 0.6) is 0 Å². The van der Waals surface area contributed by atoms with E-state index in [2.05, 4.69) is 17.3 Å². The van der Waals surface area contributed by atoms with Gasteiger partial charge in [0.05, 0.1) is 0 Å². The van der Waals surface area contributed by atoms with Gasteiger partial charge in [0.2, 0.25) is 0 Å². The molecule has 0 aromatic heterocycles. The van der Waals surface area contributed by atoms with Crippen molar-refractivity contribution in [3.63, 3.8) is 0 Å². The predicted molar refractivity (Wildman–Crippen MR) is 46.7 cm³/mol. The number of hydrogen-bond donors (Lipinski definition) is 1. The van der Waals surface area contributed by atoms with Crippen molar-refractivity contribution in [2.45, 2.75) is 19.3 Å². The number of hydrogen-bond acceptors (Lipinski definition) is 2. The third-order valence-electron chi connectivity index (χ3n) is 3.10. The summed E-state index contributed by atoms with van der Waals surface area (Å²) in [6.45, 7) is 5.15. The van der Waals surface area contributed by atoms with Gasteiger partial charge in [0.1, 0.15) is 0 Å². The highest BCUT2D eigenvalue weighted by molar-refractivity contribution is 4.95. The standard InChI is InChI=1S/C9H18N2/c1-11-5-3-2-4-9(8-11)6-10-7-9/h10H,2-8H2,1H3. The maximum absolute atomic E-state index is 3.39. The summed E-state index contributed by atoms with van der Waals surface area (Å²) >= 11 is 0. The van der Waals surface area contributed by atoms with E-state index in [1.807, 2.05) is 0 Å². The maximum Gasteiger partial charge on any atom is 0.00796 e. The first kappa shape index (κ1) is 7.56. The second kappa shape index (κ2) is 2.76. The largest absolute Gasteiger partial charge is 0.315 e. The Balaban J connectivity index is 1.97. The minimum absolute atomic E-state index is 0.672. The molecule has 0 aromatic rings. The molecule has 0 unspecified atom stereocenters. The molecule has 2 fully saturated rings. The van der Waals surface area contributed by atoms with Gasteiger partial charge in [-0.1, -0.05) is 6.42 Å². The van der Waals surface area contributed by atoms with Gasteiger partial charge >= 0.3 is 0 Å². The number of likely N-dealkylation sites (tertiary alicyclic amines) is 1. The quantitative estimate of drug-likeness (QED) is 0.552. The van der Waals surface area contributed by atoms with Crippen LogP contribution in [0.2, 0.25) is 0 Å². The smallest absolute Gasteiger partial charge is 0.00796 e. The second-order valence-electron chi connectivity index (χ2n) is 4.30. The molecule has 2 rings (SSSR count). The molecule has 64 valence electrons. The third-order valence-corrected chi connectivity index (χ3v) is 3.10. The average molecular weight is 154 g/mol. The maximum atomic E-state index is 3.39. The molecule has 2 saturated heterocycles. The van der Waals surface area contributed by atoms with E-state index in [0.717, 1.165) is 0 Å². The van der Waals surface area contributed by atoms with Crippen molar-refractivity contribution in [1.29, 1.82) is 0 Å². The molecule has 0 saturated carbocycles. The lowest BCUT2D eigenvalue weighted by atomic mass is 9.78. The summed E-state index contributed by atoms with van der Waals surface area (Å²) < 4.78 is 0. The molecule has 1 N–H and O–H groups in total. The van der Waals surface area contributed by atoms with Crippen LogP contribution >= 0.6 is 0 Å². The molecular weight excluding hydrogens is 136 g/mol. The Morgan fingerprint density at radius 2 is 2.09 bits per heavy atom. The van der Waals surface area contributed by atoms with Crippen LogP contribution in [0.25, 0.3) is 0 Å². The Morgan fingerprint density at radius 3 is 2.73 bits per heavy atom. The molecule has 0 radical (unpaired) electrons. The third kappa shape index (κ3) is 1.42. The molecule has 2 aliphatic heterocycles. The van der Waals surface area contributed by atoms with Gasteiger partial charge in [-0.25, -0.2) is 0 Å². The van der Waals surface area contributed by atoms with Crippen LogP contribution in [0.4, 0.5) is 0 Å². The van der Waals surface area contributed by atoms with Crippen molar-refractivity contribution in [3.8, 4) is 0 Å². The molecule has 0 aromatic carbocycles. The molecule has 2 nitrogen and oxygen atoms in total. The summed E-state index contributed by atoms with van der Waals surface area (Å²) in [4.78, 5) is 2.49. The van der Waals surface area contributed by atoms with Crippen LogP contribution in [0.1, 0.15) is 19.3 Å². The summed E-state index contributed by atoms with van der Waals surface area (Å²) in [5, 5.41) is 3.39. The van der Waals surface area contributed by atoms with Crippen molar-refractivity contribution in [2.75, 3.05) is 33.2 Å². The highest BCUT2D eigenvalue weighted by Gasteiger charge is 2.38. The molecule has 2 heterocycles. The summed E-state index contributed by atoms with van der Waals surface area (Å²) in [6.07, 6.45) is 4.29. The van der Waals surface area contributed by atoms with Crippen LogP contribution in [0, 0.1) is 5.41 Å². The van der Waals surface area contributed by atoms with Crippen LogP contribution in [-0.2, 0) is 0 Å². The average Bonchev–Trinajstić information content (AvgIpc) is 2.09. The molecule has 0 atom stereocenters. The van der Waals surface area contributed by atoms with Crippen molar-refractivity contribution in [3.05, 3.63) is 0 Å². The summed E-state index contributed by atoms with van der Waals surface area (Å²) in [7, 11) is 2.26. The topological polar surface area (TPSA) is 15.3 Å². The Hall–Kier alpha value is -0.0800. The van der Waals surface area contributed by atoms with Gasteiger partial charge in [0, 0.05) is 25.0 Å². The highest BCUT2D eigenvalue weighted by atomic mass is 15.1. The molecular formula is C9H18N2. The Labute approximate surface area is 69.0 Å². The van der Waals surface area contributed by atoms with Gasteiger partial charge in [-0.3, -0.25) is 0 Å². The SMILES string of the molecule is CN1CCCCC2(CNC2)C1.